The number of amides is 1. The Kier molecular flexibility index (Phi) is 1.88. The first kappa shape index (κ1) is 9.65. The van der Waals surface area contributed by atoms with Crippen LogP contribution in [0.3, 0.4) is 0 Å². The van der Waals surface area contributed by atoms with Crippen molar-refractivity contribution in [3.8, 4) is 0 Å². The van der Waals surface area contributed by atoms with Gasteiger partial charge in [-0.25, -0.2) is 0 Å². The second-order valence-electron chi connectivity index (χ2n) is 5.29. The zero-order valence-electron chi connectivity index (χ0n) is 9.56. The van der Waals surface area contributed by atoms with Crippen molar-refractivity contribution in [2.45, 2.75) is 37.3 Å². The number of hydrogen-bond donors (Lipinski definition) is 1. The maximum Gasteiger partial charge on any atom is 0.274 e. The summed E-state index contributed by atoms with van der Waals surface area (Å²) in [5, 5.41) is 7.14. The Morgan fingerprint density at radius 2 is 2.41 bits per heavy atom. The van der Waals surface area contributed by atoms with Crippen LogP contribution in [0.15, 0.2) is 6.07 Å². The first-order valence-electron chi connectivity index (χ1n) is 6.29. The number of hydrogen-bond acceptors (Lipinski definition) is 3. The van der Waals surface area contributed by atoms with Crippen LogP contribution >= 0.6 is 0 Å². The van der Waals surface area contributed by atoms with Crippen LogP contribution in [0, 0.1) is 0 Å². The van der Waals surface area contributed by atoms with Gasteiger partial charge in [-0.2, -0.15) is 5.10 Å². The fourth-order valence-electron chi connectivity index (χ4n) is 2.85. The molecule has 3 fully saturated rings. The molecule has 1 amide bonds. The number of nitrogens with one attached hydrogen (secondary N) is 1. The summed E-state index contributed by atoms with van der Waals surface area (Å²) < 4.78 is 5.50. The maximum atomic E-state index is 12.3. The molecule has 5 heteroatoms. The molecule has 1 N–H and O–H groups in total. The van der Waals surface area contributed by atoms with Crippen LogP contribution in [0.1, 0.15) is 41.4 Å². The first-order chi connectivity index (χ1) is 8.31. The predicted molar refractivity (Wildman–Crippen MR) is 59.7 cm³/mol. The SMILES string of the molecule is O=C(c1cc(C2CC2)[nH]n1)N1CC2CC1CO2. The molecule has 1 aliphatic carbocycles. The lowest BCUT2D eigenvalue weighted by Gasteiger charge is -2.25. The van der Waals surface area contributed by atoms with Crippen molar-refractivity contribution in [2.75, 3.05) is 13.2 Å². The van der Waals surface area contributed by atoms with E-state index >= 15 is 0 Å². The average molecular weight is 233 g/mol. The zero-order chi connectivity index (χ0) is 11.4. The number of likely N-dealkylation sites (tertiary alicyclic amines) is 1. The van der Waals surface area contributed by atoms with Crippen molar-refractivity contribution < 1.29 is 9.53 Å². The largest absolute Gasteiger partial charge is 0.374 e. The molecule has 3 heterocycles. The van der Waals surface area contributed by atoms with Crippen LogP contribution in [0.4, 0.5) is 0 Å². The Labute approximate surface area is 99.1 Å². The number of carbonyl (C=O) groups excluding carboxylic acids is 1. The second-order valence-corrected chi connectivity index (χ2v) is 5.29. The maximum absolute atomic E-state index is 12.3. The van der Waals surface area contributed by atoms with Crippen molar-refractivity contribution in [1.82, 2.24) is 15.1 Å². The quantitative estimate of drug-likeness (QED) is 0.825. The summed E-state index contributed by atoms with van der Waals surface area (Å²) in [6, 6.07) is 2.20. The number of fused-ring (bicyclic) bond motifs is 2. The minimum atomic E-state index is 0.0592. The van der Waals surface area contributed by atoms with E-state index in [1.54, 1.807) is 0 Å². The Balaban J connectivity index is 1.55. The van der Waals surface area contributed by atoms with E-state index in [1.165, 1.54) is 12.8 Å². The summed E-state index contributed by atoms with van der Waals surface area (Å²) in [4.78, 5) is 14.2. The van der Waals surface area contributed by atoms with Gasteiger partial charge in [-0.3, -0.25) is 9.89 Å². The van der Waals surface area contributed by atoms with E-state index in [1.807, 2.05) is 11.0 Å². The van der Waals surface area contributed by atoms with E-state index in [-0.39, 0.29) is 18.1 Å². The Morgan fingerprint density at radius 3 is 3.06 bits per heavy atom. The van der Waals surface area contributed by atoms with Gasteiger partial charge in [0, 0.05) is 18.2 Å². The number of aromatic nitrogens is 2. The summed E-state index contributed by atoms with van der Waals surface area (Å²) in [7, 11) is 0. The van der Waals surface area contributed by atoms with Gasteiger partial charge in [0.2, 0.25) is 0 Å². The second kappa shape index (κ2) is 3.32. The summed E-state index contributed by atoms with van der Waals surface area (Å²) in [5.74, 6) is 0.673. The molecule has 1 saturated carbocycles. The lowest BCUT2D eigenvalue weighted by Crippen LogP contribution is -2.41. The number of ether oxygens (including phenoxy) is 1. The van der Waals surface area contributed by atoms with E-state index in [4.69, 9.17) is 4.74 Å². The molecule has 0 spiro atoms. The first-order valence-corrected chi connectivity index (χ1v) is 6.29. The number of carbonyl (C=O) groups is 1. The number of aromatic amines is 1. The number of morpholine rings is 1. The molecule has 4 rings (SSSR count). The molecule has 2 bridgehead atoms. The predicted octanol–water partition coefficient (Wildman–Crippen LogP) is 0.900. The minimum absolute atomic E-state index is 0.0592. The average Bonchev–Trinajstić information content (AvgIpc) is 2.84. The fraction of sp³-hybridized carbons (Fsp3) is 0.667. The van der Waals surface area contributed by atoms with Crippen molar-refractivity contribution in [1.29, 1.82) is 0 Å². The summed E-state index contributed by atoms with van der Waals surface area (Å²) >= 11 is 0. The van der Waals surface area contributed by atoms with Gasteiger partial charge in [0.05, 0.1) is 18.8 Å². The van der Waals surface area contributed by atoms with Crippen molar-refractivity contribution in [2.24, 2.45) is 0 Å². The van der Waals surface area contributed by atoms with Gasteiger partial charge < -0.3 is 9.64 Å². The normalized spacial score (nSPS) is 31.2. The van der Waals surface area contributed by atoms with Crippen LogP contribution in [0.25, 0.3) is 0 Å². The van der Waals surface area contributed by atoms with Gasteiger partial charge in [-0.1, -0.05) is 0 Å². The monoisotopic (exact) mass is 233 g/mol. The standard InChI is InChI=1S/C12H15N3O2/c16-12(15-5-9-3-8(15)6-17-9)11-4-10(13-14-11)7-1-2-7/h4,7-9H,1-3,5-6H2,(H,13,14). The smallest absolute Gasteiger partial charge is 0.274 e. The molecular formula is C12H15N3O2. The van der Waals surface area contributed by atoms with E-state index in [2.05, 4.69) is 10.2 Å². The lowest BCUT2D eigenvalue weighted by molar-refractivity contribution is 0.0255. The van der Waals surface area contributed by atoms with Gasteiger partial charge in [0.15, 0.2) is 0 Å². The summed E-state index contributed by atoms with van der Waals surface area (Å²) in [5.41, 5.74) is 1.69. The molecule has 0 radical (unpaired) electrons. The molecule has 0 aromatic carbocycles. The molecule has 2 unspecified atom stereocenters. The highest BCUT2D eigenvalue weighted by Gasteiger charge is 2.42. The number of H-pyrrole nitrogens is 1. The fourth-order valence-corrected chi connectivity index (χ4v) is 2.85. The molecule has 90 valence electrons. The Morgan fingerprint density at radius 1 is 1.53 bits per heavy atom. The van der Waals surface area contributed by atoms with Crippen LogP contribution in [0.5, 0.6) is 0 Å². The molecule has 5 nitrogen and oxygen atoms in total. The van der Waals surface area contributed by atoms with Crippen LogP contribution in [-0.4, -0.2) is 46.3 Å². The van der Waals surface area contributed by atoms with E-state index in [0.29, 0.717) is 18.2 Å². The molecule has 2 saturated heterocycles. The topological polar surface area (TPSA) is 58.2 Å². The van der Waals surface area contributed by atoms with Gasteiger partial charge in [0.25, 0.3) is 5.91 Å². The van der Waals surface area contributed by atoms with Crippen molar-refractivity contribution in [3.63, 3.8) is 0 Å². The molecular weight excluding hydrogens is 218 g/mol. The van der Waals surface area contributed by atoms with Crippen molar-refractivity contribution in [3.05, 3.63) is 17.5 Å². The van der Waals surface area contributed by atoms with E-state index in [9.17, 15) is 4.79 Å². The third kappa shape index (κ3) is 1.49. The molecule has 2 atom stereocenters. The summed E-state index contributed by atoms with van der Waals surface area (Å²) in [6.07, 6.45) is 3.69. The van der Waals surface area contributed by atoms with Crippen molar-refractivity contribution >= 4 is 5.91 Å². The third-order valence-electron chi connectivity index (χ3n) is 4.00. The van der Waals surface area contributed by atoms with Gasteiger partial charge >= 0.3 is 0 Å². The van der Waals surface area contributed by atoms with Gasteiger partial charge in [0.1, 0.15) is 5.69 Å². The van der Waals surface area contributed by atoms with Gasteiger partial charge in [-0.05, 0) is 25.3 Å². The Bertz CT molecular complexity index is 466. The minimum Gasteiger partial charge on any atom is -0.374 e. The lowest BCUT2D eigenvalue weighted by atomic mass is 10.2. The zero-order valence-corrected chi connectivity index (χ0v) is 9.56. The highest BCUT2D eigenvalue weighted by molar-refractivity contribution is 5.93. The highest BCUT2D eigenvalue weighted by Crippen LogP contribution is 2.39. The van der Waals surface area contributed by atoms with Crippen LogP contribution in [-0.2, 0) is 4.74 Å². The number of rotatable bonds is 2. The summed E-state index contributed by atoms with van der Waals surface area (Å²) in [6.45, 7) is 1.42. The molecule has 17 heavy (non-hydrogen) atoms. The van der Waals surface area contributed by atoms with Crippen LogP contribution < -0.4 is 0 Å². The van der Waals surface area contributed by atoms with E-state index in [0.717, 1.165) is 18.7 Å². The third-order valence-corrected chi connectivity index (χ3v) is 4.00. The molecule has 2 aliphatic heterocycles. The Hall–Kier alpha value is -1.36. The number of nitrogens with zero attached hydrogens (tertiary/aromatic N) is 2. The highest BCUT2D eigenvalue weighted by atomic mass is 16.5. The van der Waals surface area contributed by atoms with E-state index < -0.39 is 0 Å². The molecule has 1 aromatic rings. The molecule has 3 aliphatic rings. The van der Waals surface area contributed by atoms with Gasteiger partial charge in [-0.15, -0.1) is 0 Å². The molecule has 1 aromatic heterocycles. The van der Waals surface area contributed by atoms with Crippen LogP contribution in [0.2, 0.25) is 0 Å².